The van der Waals surface area contributed by atoms with Crippen LogP contribution in [0.4, 0.5) is 11.4 Å². The number of amides is 3. The van der Waals surface area contributed by atoms with Gasteiger partial charge in [-0.3, -0.25) is 14.4 Å². The van der Waals surface area contributed by atoms with Crippen LogP contribution in [0.15, 0.2) is 47.4 Å². The van der Waals surface area contributed by atoms with E-state index in [1.54, 1.807) is 35.2 Å². The van der Waals surface area contributed by atoms with E-state index in [0.717, 1.165) is 0 Å². The number of fused-ring (bicyclic) bond motifs is 1. The Morgan fingerprint density at radius 3 is 2.53 bits per heavy atom. The molecule has 2 aliphatic rings. The van der Waals surface area contributed by atoms with Gasteiger partial charge in [-0.25, -0.2) is 8.42 Å². The summed E-state index contributed by atoms with van der Waals surface area (Å²) in [5.41, 5.74) is 1.26. The van der Waals surface area contributed by atoms with Crippen LogP contribution in [0.25, 0.3) is 0 Å². The first kappa shape index (κ1) is 23.7. The maximum absolute atomic E-state index is 13.2. The van der Waals surface area contributed by atoms with Crippen LogP contribution in [0.2, 0.25) is 0 Å². The number of carbonyl (C=O) groups excluding carboxylic acids is 3. The van der Waals surface area contributed by atoms with E-state index in [9.17, 15) is 22.8 Å². The highest BCUT2D eigenvalue weighted by Crippen LogP contribution is 2.33. The third kappa shape index (κ3) is 4.75. The van der Waals surface area contributed by atoms with Gasteiger partial charge < -0.3 is 20.3 Å². The Morgan fingerprint density at radius 2 is 1.85 bits per heavy atom. The Labute approximate surface area is 197 Å². The number of hydrogen-bond donors (Lipinski definition) is 2. The molecule has 2 heterocycles. The maximum Gasteiger partial charge on any atom is 0.265 e. The molecule has 34 heavy (non-hydrogen) atoms. The number of carbonyl (C=O) groups is 3. The van der Waals surface area contributed by atoms with Crippen molar-refractivity contribution < 1.29 is 27.5 Å². The van der Waals surface area contributed by atoms with Gasteiger partial charge >= 0.3 is 0 Å². The summed E-state index contributed by atoms with van der Waals surface area (Å²) in [6.07, 6.45) is -0.0919. The summed E-state index contributed by atoms with van der Waals surface area (Å²) in [5.74, 6) is -0.341. The molecule has 0 bridgehead atoms. The minimum absolute atomic E-state index is 0.0490. The standard InChI is InChI=1S/C23H26N4O6S/c1-3-20-22(29)25-19-14-18(7-8-21(19)33-20)34(31,32)27-11-9-26(10-12-27)23(30)16-5-4-6-17(13-16)24-15(2)28/h4-8,13-14,20H,3,9-12H2,1-2H3,(H,24,28)(H,25,29)/t20-/m1/s1. The molecule has 0 aromatic heterocycles. The lowest BCUT2D eigenvalue weighted by molar-refractivity contribution is -0.123. The Balaban J connectivity index is 1.44. The predicted molar refractivity (Wildman–Crippen MR) is 125 cm³/mol. The zero-order chi connectivity index (χ0) is 24.5. The van der Waals surface area contributed by atoms with Crippen LogP contribution in [0.1, 0.15) is 30.6 Å². The highest BCUT2D eigenvalue weighted by molar-refractivity contribution is 7.89. The van der Waals surface area contributed by atoms with Crippen molar-refractivity contribution in [3.05, 3.63) is 48.0 Å². The molecule has 1 atom stereocenters. The summed E-state index contributed by atoms with van der Waals surface area (Å²) in [7, 11) is -3.83. The van der Waals surface area contributed by atoms with Crippen LogP contribution in [-0.4, -0.2) is 67.6 Å². The number of piperazine rings is 1. The van der Waals surface area contributed by atoms with E-state index in [0.29, 0.717) is 29.1 Å². The molecule has 0 spiro atoms. The molecule has 2 N–H and O–H groups in total. The number of anilines is 2. The lowest BCUT2D eigenvalue weighted by atomic mass is 10.1. The van der Waals surface area contributed by atoms with Crippen molar-refractivity contribution in [2.75, 3.05) is 36.8 Å². The van der Waals surface area contributed by atoms with Crippen molar-refractivity contribution in [1.29, 1.82) is 0 Å². The molecule has 0 unspecified atom stereocenters. The van der Waals surface area contributed by atoms with Crippen LogP contribution in [0, 0.1) is 0 Å². The van der Waals surface area contributed by atoms with Gasteiger partial charge in [0, 0.05) is 44.4 Å². The molecule has 2 aliphatic heterocycles. The molecule has 0 aliphatic carbocycles. The summed E-state index contributed by atoms with van der Waals surface area (Å²) < 4.78 is 33.4. The second-order valence-electron chi connectivity index (χ2n) is 8.12. The summed E-state index contributed by atoms with van der Waals surface area (Å²) in [4.78, 5) is 37.9. The number of benzene rings is 2. The van der Waals surface area contributed by atoms with E-state index >= 15 is 0 Å². The van der Waals surface area contributed by atoms with Gasteiger partial charge in [0.2, 0.25) is 15.9 Å². The van der Waals surface area contributed by atoms with Crippen molar-refractivity contribution in [3.8, 4) is 5.75 Å². The SMILES string of the molecule is CC[C@H]1Oc2ccc(S(=O)(=O)N3CCN(C(=O)c4cccc(NC(C)=O)c4)CC3)cc2NC1=O. The minimum Gasteiger partial charge on any atom is -0.478 e. The second kappa shape index (κ2) is 9.43. The molecule has 10 nitrogen and oxygen atoms in total. The fourth-order valence-corrected chi connectivity index (χ4v) is 5.40. The van der Waals surface area contributed by atoms with E-state index < -0.39 is 16.1 Å². The quantitative estimate of drug-likeness (QED) is 0.665. The molecular weight excluding hydrogens is 460 g/mol. The molecule has 2 aromatic rings. The van der Waals surface area contributed by atoms with Gasteiger partial charge in [-0.15, -0.1) is 0 Å². The van der Waals surface area contributed by atoms with Crippen molar-refractivity contribution in [3.63, 3.8) is 0 Å². The normalized spacial score (nSPS) is 18.5. The average molecular weight is 487 g/mol. The van der Waals surface area contributed by atoms with Gasteiger partial charge in [-0.2, -0.15) is 4.31 Å². The number of nitrogens with zero attached hydrogens (tertiary/aromatic N) is 2. The summed E-state index contributed by atoms with van der Waals surface area (Å²) in [6, 6.07) is 11.0. The van der Waals surface area contributed by atoms with Gasteiger partial charge in [-0.05, 0) is 42.8 Å². The summed E-state index contributed by atoms with van der Waals surface area (Å²) >= 11 is 0. The molecule has 0 saturated carbocycles. The molecule has 2 aromatic carbocycles. The molecule has 3 amide bonds. The van der Waals surface area contributed by atoms with Crippen LogP contribution in [0.5, 0.6) is 5.75 Å². The highest BCUT2D eigenvalue weighted by Gasteiger charge is 2.32. The smallest absolute Gasteiger partial charge is 0.265 e. The second-order valence-corrected chi connectivity index (χ2v) is 10.1. The van der Waals surface area contributed by atoms with E-state index in [1.807, 2.05) is 6.92 Å². The van der Waals surface area contributed by atoms with Crippen LogP contribution < -0.4 is 15.4 Å². The molecule has 1 fully saturated rings. The first-order valence-electron chi connectivity index (χ1n) is 11.0. The molecule has 1 saturated heterocycles. The molecule has 11 heteroatoms. The van der Waals surface area contributed by atoms with Crippen molar-refractivity contribution in [2.45, 2.75) is 31.3 Å². The van der Waals surface area contributed by atoms with Gasteiger partial charge in [-0.1, -0.05) is 13.0 Å². The lowest BCUT2D eigenvalue weighted by Crippen LogP contribution is -2.50. The maximum atomic E-state index is 13.2. The van der Waals surface area contributed by atoms with Crippen LogP contribution in [0.3, 0.4) is 0 Å². The monoisotopic (exact) mass is 486 g/mol. The number of rotatable bonds is 5. The molecule has 4 rings (SSSR count). The Bertz CT molecular complexity index is 1240. The molecule has 180 valence electrons. The first-order valence-corrected chi connectivity index (χ1v) is 12.4. The molecule has 0 radical (unpaired) electrons. The first-order chi connectivity index (χ1) is 16.2. The van der Waals surface area contributed by atoms with E-state index in [2.05, 4.69) is 10.6 Å². The van der Waals surface area contributed by atoms with Crippen molar-refractivity contribution in [1.82, 2.24) is 9.21 Å². The van der Waals surface area contributed by atoms with Crippen LogP contribution >= 0.6 is 0 Å². The van der Waals surface area contributed by atoms with Crippen molar-refractivity contribution in [2.24, 2.45) is 0 Å². The number of sulfonamides is 1. The van der Waals surface area contributed by atoms with E-state index in [-0.39, 0.29) is 48.8 Å². The third-order valence-electron chi connectivity index (χ3n) is 5.73. The third-order valence-corrected chi connectivity index (χ3v) is 7.63. The van der Waals surface area contributed by atoms with Gasteiger partial charge in [0.15, 0.2) is 6.10 Å². The minimum atomic E-state index is -3.83. The van der Waals surface area contributed by atoms with E-state index in [1.165, 1.54) is 23.4 Å². The Hall–Kier alpha value is -3.44. The zero-order valence-corrected chi connectivity index (χ0v) is 19.7. The van der Waals surface area contributed by atoms with E-state index in [4.69, 9.17) is 4.74 Å². The predicted octanol–water partition coefficient (Wildman–Crippen LogP) is 1.90. The number of nitrogens with one attached hydrogen (secondary N) is 2. The van der Waals surface area contributed by atoms with Gasteiger partial charge in [0.25, 0.3) is 11.8 Å². The average Bonchev–Trinajstić information content (AvgIpc) is 2.82. The summed E-state index contributed by atoms with van der Waals surface area (Å²) in [5, 5.41) is 5.35. The largest absolute Gasteiger partial charge is 0.478 e. The van der Waals surface area contributed by atoms with Crippen LogP contribution in [-0.2, 0) is 19.6 Å². The highest BCUT2D eigenvalue weighted by atomic mass is 32.2. The Morgan fingerprint density at radius 1 is 1.12 bits per heavy atom. The van der Waals surface area contributed by atoms with Gasteiger partial charge in [0.1, 0.15) is 5.75 Å². The number of hydrogen-bond acceptors (Lipinski definition) is 6. The Kier molecular flexibility index (Phi) is 6.58. The lowest BCUT2D eigenvalue weighted by Gasteiger charge is -2.34. The van der Waals surface area contributed by atoms with Gasteiger partial charge in [0.05, 0.1) is 10.6 Å². The zero-order valence-electron chi connectivity index (χ0n) is 18.9. The fourth-order valence-electron chi connectivity index (χ4n) is 3.96. The number of ether oxygens (including phenoxy) is 1. The molecular formula is C23H26N4O6S. The fraction of sp³-hybridized carbons (Fsp3) is 0.348. The summed E-state index contributed by atoms with van der Waals surface area (Å²) in [6.45, 7) is 3.95. The topological polar surface area (TPSA) is 125 Å². The van der Waals surface area contributed by atoms with Crippen molar-refractivity contribution >= 4 is 39.1 Å².